The fourth-order valence-corrected chi connectivity index (χ4v) is 2.55. The molecule has 1 atom stereocenters. The number of carbonyl (C=O) groups excluding carboxylic acids is 1. The van der Waals surface area contributed by atoms with Gasteiger partial charge in [-0.25, -0.2) is 0 Å². The number of para-hydroxylation sites is 2. The molecular weight excluding hydrogens is 311 g/mol. The molecular formula is C16H12Cl2O3. The summed E-state index contributed by atoms with van der Waals surface area (Å²) in [7, 11) is 0. The summed E-state index contributed by atoms with van der Waals surface area (Å²) in [5.74, 6) is 1.15. The number of ketones is 1. The number of fused-ring (bicyclic) bond motifs is 1. The highest BCUT2D eigenvalue weighted by Gasteiger charge is 2.27. The molecule has 2 aromatic carbocycles. The van der Waals surface area contributed by atoms with Gasteiger partial charge in [0.2, 0.25) is 0 Å². The lowest BCUT2D eigenvalue weighted by atomic mass is 10.1. The van der Waals surface area contributed by atoms with Crippen LogP contribution in [0, 0.1) is 0 Å². The van der Waals surface area contributed by atoms with Gasteiger partial charge in [0.25, 0.3) is 0 Å². The Morgan fingerprint density at radius 1 is 1.10 bits per heavy atom. The number of ether oxygens (including phenoxy) is 2. The lowest BCUT2D eigenvalue weighted by Gasteiger charge is -2.25. The second-order valence-corrected chi connectivity index (χ2v) is 5.51. The Balaban J connectivity index is 1.74. The molecule has 0 N–H and O–H groups in total. The van der Waals surface area contributed by atoms with E-state index in [2.05, 4.69) is 0 Å². The van der Waals surface area contributed by atoms with Crippen LogP contribution in [0.3, 0.4) is 0 Å². The Bertz CT molecular complexity index is 685. The van der Waals surface area contributed by atoms with E-state index in [1.54, 1.807) is 24.3 Å². The minimum Gasteiger partial charge on any atom is -0.485 e. The summed E-state index contributed by atoms with van der Waals surface area (Å²) in [5, 5.41) is 0.845. The number of benzene rings is 2. The maximum atomic E-state index is 12.3. The normalized spacial score (nSPS) is 16.6. The monoisotopic (exact) mass is 322 g/mol. The molecule has 1 aliphatic rings. The second-order valence-electron chi connectivity index (χ2n) is 4.72. The molecule has 3 rings (SSSR count). The quantitative estimate of drug-likeness (QED) is 0.858. The van der Waals surface area contributed by atoms with Gasteiger partial charge in [0, 0.05) is 6.42 Å². The molecule has 0 aliphatic carbocycles. The number of hydrogen-bond donors (Lipinski definition) is 0. The Kier molecular flexibility index (Phi) is 4.04. The molecule has 1 unspecified atom stereocenters. The third kappa shape index (κ3) is 2.99. The summed E-state index contributed by atoms with van der Waals surface area (Å²) in [6.07, 6.45) is -0.467. The van der Waals surface area contributed by atoms with Crippen LogP contribution in [0.1, 0.15) is 5.56 Å². The van der Waals surface area contributed by atoms with E-state index < -0.39 is 6.10 Å². The fraction of sp³-hybridized carbons (Fsp3) is 0.188. The Morgan fingerprint density at radius 2 is 1.86 bits per heavy atom. The van der Waals surface area contributed by atoms with Crippen molar-refractivity contribution < 1.29 is 14.3 Å². The lowest BCUT2D eigenvalue weighted by Crippen LogP contribution is -2.37. The zero-order chi connectivity index (χ0) is 14.8. The van der Waals surface area contributed by atoms with Gasteiger partial charge >= 0.3 is 0 Å². The minimum absolute atomic E-state index is 0.0892. The standard InChI is InChI=1S/C16H12Cl2O3/c17-11-5-3-4-10(16(11)18)8-12(19)15-9-20-13-6-1-2-7-14(13)21-15/h1-7,15H,8-9H2. The summed E-state index contributed by atoms with van der Waals surface area (Å²) in [6, 6.07) is 12.5. The third-order valence-electron chi connectivity index (χ3n) is 3.26. The molecule has 0 bridgehead atoms. The van der Waals surface area contributed by atoms with Crippen LogP contribution in [0.2, 0.25) is 10.0 Å². The van der Waals surface area contributed by atoms with E-state index in [0.717, 1.165) is 0 Å². The van der Waals surface area contributed by atoms with Crippen LogP contribution in [-0.4, -0.2) is 18.5 Å². The average Bonchev–Trinajstić information content (AvgIpc) is 2.51. The number of carbonyl (C=O) groups is 1. The minimum atomic E-state index is -0.630. The molecule has 1 heterocycles. The molecule has 5 heteroatoms. The summed E-state index contributed by atoms with van der Waals surface area (Å²) in [5.41, 5.74) is 0.691. The molecule has 108 valence electrons. The highest BCUT2D eigenvalue weighted by atomic mass is 35.5. The Morgan fingerprint density at radius 3 is 2.67 bits per heavy atom. The van der Waals surface area contributed by atoms with E-state index in [1.807, 2.05) is 18.2 Å². The van der Waals surface area contributed by atoms with E-state index in [9.17, 15) is 4.79 Å². The topological polar surface area (TPSA) is 35.5 Å². The SMILES string of the molecule is O=C(Cc1cccc(Cl)c1Cl)C1COc2ccccc2O1. The summed E-state index contributed by atoms with van der Waals surface area (Å²) in [6.45, 7) is 0.202. The molecule has 2 aromatic rings. The predicted octanol–water partition coefficient (Wildman–Crippen LogP) is 3.95. The van der Waals surface area contributed by atoms with Crippen molar-refractivity contribution in [3.05, 3.63) is 58.1 Å². The highest BCUT2D eigenvalue weighted by molar-refractivity contribution is 6.42. The molecule has 0 saturated carbocycles. The maximum Gasteiger partial charge on any atom is 0.191 e. The summed E-state index contributed by atoms with van der Waals surface area (Å²) < 4.78 is 11.2. The smallest absolute Gasteiger partial charge is 0.191 e. The first-order valence-electron chi connectivity index (χ1n) is 6.49. The number of hydrogen-bond acceptors (Lipinski definition) is 3. The van der Waals surface area contributed by atoms with Gasteiger partial charge in [-0.2, -0.15) is 0 Å². The number of Topliss-reactive ketones (excluding diaryl/α,β-unsaturated/α-hetero) is 1. The van der Waals surface area contributed by atoms with Crippen LogP contribution in [0.5, 0.6) is 11.5 Å². The van der Waals surface area contributed by atoms with Crippen molar-refractivity contribution in [2.45, 2.75) is 12.5 Å². The molecule has 0 saturated heterocycles. The first kappa shape index (κ1) is 14.2. The zero-order valence-corrected chi connectivity index (χ0v) is 12.5. The van der Waals surface area contributed by atoms with Gasteiger partial charge in [-0.3, -0.25) is 4.79 Å². The van der Waals surface area contributed by atoms with E-state index in [1.165, 1.54) is 0 Å². The van der Waals surface area contributed by atoms with Crippen LogP contribution >= 0.6 is 23.2 Å². The molecule has 0 spiro atoms. The molecule has 3 nitrogen and oxygen atoms in total. The molecule has 0 aromatic heterocycles. The van der Waals surface area contributed by atoms with Gasteiger partial charge in [-0.15, -0.1) is 0 Å². The van der Waals surface area contributed by atoms with Crippen LogP contribution in [0.4, 0.5) is 0 Å². The van der Waals surface area contributed by atoms with Crippen LogP contribution in [-0.2, 0) is 11.2 Å². The predicted molar refractivity (Wildman–Crippen MR) is 81.5 cm³/mol. The Hall–Kier alpha value is -1.71. The van der Waals surface area contributed by atoms with Crippen molar-refractivity contribution in [1.29, 1.82) is 0 Å². The van der Waals surface area contributed by atoms with Gasteiger partial charge < -0.3 is 9.47 Å². The average molecular weight is 323 g/mol. The fourth-order valence-electron chi connectivity index (χ4n) is 2.16. The summed E-state index contributed by atoms with van der Waals surface area (Å²) in [4.78, 5) is 12.3. The van der Waals surface area contributed by atoms with Crippen molar-refractivity contribution in [2.75, 3.05) is 6.61 Å². The first-order valence-corrected chi connectivity index (χ1v) is 7.25. The zero-order valence-electron chi connectivity index (χ0n) is 11.0. The van der Waals surface area contributed by atoms with Gasteiger partial charge in [-0.1, -0.05) is 47.5 Å². The molecule has 21 heavy (non-hydrogen) atoms. The van der Waals surface area contributed by atoms with Crippen molar-refractivity contribution in [3.63, 3.8) is 0 Å². The van der Waals surface area contributed by atoms with Gasteiger partial charge in [0.05, 0.1) is 10.0 Å². The van der Waals surface area contributed by atoms with Crippen LogP contribution in [0.15, 0.2) is 42.5 Å². The first-order chi connectivity index (χ1) is 10.1. The van der Waals surface area contributed by atoms with Crippen LogP contribution < -0.4 is 9.47 Å². The lowest BCUT2D eigenvalue weighted by molar-refractivity contribution is -0.127. The van der Waals surface area contributed by atoms with E-state index in [4.69, 9.17) is 32.7 Å². The van der Waals surface area contributed by atoms with E-state index in [-0.39, 0.29) is 18.8 Å². The second kappa shape index (κ2) is 5.96. The number of rotatable bonds is 3. The summed E-state index contributed by atoms with van der Waals surface area (Å²) >= 11 is 12.1. The third-order valence-corrected chi connectivity index (χ3v) is 4.12. The highest BCUT2D eigenvalue weighted by Crippen LogP contribution is 2.32. The van der Waals surface area contributed by atoms with Crippen molar-refractivity contribution in [2.24, 2.45) is 0 Å². The van der Waals surface area contributed by atoms with Gasteiger partial charge in [0.15, 0.2) is 23.4 Å². The maximum absolute atomic E-state index is 12.3. The van der Waals surface area contributed by atoms with E-state index in [0.29, 0.717) is 27.1 Å². The largest absolute Gasteiger partial charge is 0.485 e. The number of halogens is 2. The van der Waals surface area contributed by atoms with Crippen molar-refractivity contribution >= 4 is 29.0 Å². The molecule has 0 radical (unpaired) electrons. The van der Waals surface area contributed by atoms with Crippen molar-refractivity contribution in [1.82, 2.24) is 0 Å². The van der Waals surface area contributed by atoms with Gasteiger partial charge in [0.1, 0.15) is 6.61 Å². The van der Waals surface area contributed by atoms with Crippen LogP contribution in [0.25, 0.3) is 0 Å². The molecule has 0 amide bonds. The molecule has 0 fully saturated rings. The van der Waals surface area contributed by atoms with Crippen molar-refractivity contribution in [3.8, 4) is 11.5 Å². The van der Waals surface area contributed by atoms with E-state index >= 15 is 0 Å². The Labute approximate surface area is 132 Å². The van der Waals surface area contributed by atoms with Gasteiger partial charge in [-0.05, 0) is 23.8 Å². The molecule has 1 aliphatic heterocycles.